The van der Waals surface area contributed by atoms with Crippen LogP contribution in [0.2, 0.25) is 0 Å². The van der Waals surface area contributed by atoms with Gasteiger partial charge in [-0.25, -0.2) is 9.97 Å². The fraction of sp³-hybridized carbons (Fsp3) is 0.545. The first kappa shape index (κ1) is 15.8. The Hall–Kier alpha value is -1.20. The van der Waals surface area contributed by atoms with Gasteiger partial charge in [-0.3, -0.25) is 4.79 Å². The van der Waals surface area contributed by atoms with Crippen molar-refractivity contribution in [3.63, 3.8) is 0 Å². The number of nitrogens with zero attached hydrogens (tertiary/aromatic N) is 2. The maximum absolute atomic E-state index is 11.6. The number of nitrogens with two attached hydrogens (primary N) is 1. The fourth-order valence-electron chi connectivity index (χ4n) is 1.18. The molecule has 1 amide bonds. The zero-order chi connectivity index (χ0) is 12.1. The third-order valence-corrected chi connectivity index (χ3v) is 2.48. The number of aryl methyl sites for hydroxylation is 1. The molecule has 0 fully saturated rings. The summed E-state index contributed by atoms with van der Waals surface area (Å²) >= 11 is 0. The molecule has 6 heteroatoms. The lowest BCUT2D eigenvalue weighted by Gasteiger charge is -2.15. The largest absolute Gasteiger partial charge is 0.350 e. The molecule has 3 N–H and O–H groups in total. The molecule has 0 aliphatic carbocycles. The first-order chi connectivity index (χ1) is 7.50. The van der Waals surface area contributed by atoms with Crippen molar-refractivity contribution in [3.8, 4) is 0 Å². The summed E-state index contributed by atoms with van der Waals surface area (Å²) < 4.78 is 0. The van der Waals surface area contributed by atoms with Crippen LogP contribution in [-0.4, -0.2) is 21.9 Å². The summed E-state index contributed by atoms with van der Waals surface area (Å²) in [4.78, 5) is 19.8. The van der Waals surface area contributed by atoms with Gasteiger partial charge in [0.1, 0.15) is 5.82 Å². The Morgan fingerprint density at radius 1 is 1.53 bits per heavy atom. The van der Waals surface area contributed by atoms with Crippen molar-refractivity contribution in [1.29, 1.82) is 0 Å². The first-order valence-corrected chi connectivity index (χ1v) is 5.32. The minimum atomic E-state index is -0.192. The molecule has 2 atom stereocenters. The number of aromatic nitrogens is 2. The molecule has 0 saturated carbocycles. The highest BCUT2D eigenvalue weighted by Gasteiger charge is 2.16. The molecule has 0 spiro atoms. The lowest BCUT2D eigenvalue weighted by molar-refractivity contribution is -0.125. The van der Waals surface area contributed by atoms with Gasteiger partial charge in [0.15, 0.2) is 0 Å². The average molecular weight is 259 g/mol. The molecule has 1 heterocycles. The highest BCUT2D eigenvalue weighted by Crippen LogP contribution is 2.00. The van der Waals surface area contributed by atoms with Gasteiger partial charge in [-0.15, -0.1) is 12.4 Å². The number of hydrogen-bond acceptors (Lipinski definition) is 4. The summed E-state index contributed by atoms with van der Waals surface area (Å²) in [5.74, 6) is 0.459. The van der Waals surface area contributed by atoms with Crippen molar-refractivity contribution in [2.45, 2.75) is 33.4 Å². The molecule has 0 bridgehead atoms. The SMILES string of the molecule is Cc1nccc(CNC(=O)C(C)C(C)N)n1.Cl. The summed E-state index contributed by atoms with van der Waals surface area (Å²) in [7, 11) is 0. The number of hydrogen-bond donors (Lipinski definition) is 2. The molecule has 17 heavy (non-hydrogen) atoms. The molecule has 2 unspecified atom stereocenters. The van der Waals surface area contributed by atoms with E-state index in [1.165, 1.54) is 0 Å². The van der Waals surface area contributed by atoms with E-state index in [2.05, 4.69) is 15.3 Å². The van der Waals surface area contributed by atoms with E-state index in [-0.39, 0.29) is 30.3 Å². The van der Waals surface area contributed by atoms with Crippen LogP contribution >= 0.6 is 12.4 Å². The van der Waals surface area contributed by atoms with Crippen LogP contribution in [0.15, 0.2) is 12.3 Å². The van der Waals surface area contributed by atoms with E-state index < -0.39 is 0 Å². The highest BCUT2D eigenvalue weighted by molar-refractivity contribution is 5.85. The van der Waals surface area contributed by atoms with Gasteiger partial charge in [0.2, 0.25) is 5.91 Å². The minimum absolute atomic E-state index is 0. The summed E-state index contributed by atoms with van der Waals surface area (Å²) in [5.41, 5.74) is 6.45. The second-order valence-corrected chi connectivity index (χ2v) is 3.96. The van der Waals surface area contributed by atoms with Crippen LogP contribution in [0.1, 0.15) is 25.4 Å². The van der Waals surface area contributed by atoms with E-state index in [0.717, 1.165) is 5.69 Å². The molecule has 0 aromatic carbocycles. The van der Waals surface area contributed by atoms with Crippen LogP contribution in [-0.2, 0) is 11.3 Å². The molecule has 0 aliphatic heterocycles. The molecule has 0 saturated heterocycles. The van der Waals surface area contributed by atoms with Crippen LogP contribution < -0.4 is 11.1 Å². The molecule has 5 nitrogen and oxygen atoms in total. The van der Waals surface area contributed by atoms with Gasteiger partial charge in [0.05, 0.1) is 12.2 Å². The van der Waals surface area contributed by atoms with Crippen molar-refractivity contribution in [2.24, 2.45) is 11.7 Å². The van der Waals surface area contributed by atoms with Gasteiger partial charge in [0.25, 0.3) is 0 Å². The van der Waals surface area contributed by atoms with Crippen molar-refractivity contribution in [1.82, 2.24) is 15.3 Å². The molecule has 96 valence electrons. The fourth-order valence-corrected chi connectivity index (χ4v) is 1.18. The Balaban J connectivity index is 0.00000256. The monoisotopic (exact) mass is 258 g/mol. The van der Waals surface area contributed by atoms with Gasteiger partial charge in [-0.2, -0.15) is 0 Å². The van der Waals surface area contributed by atoms with E-state index in [1.54, 1.807) is 12.3 Å². The smallest absolute Gasteiger partial charge is 0.224 e. The van der Waals surface area contributed by atoms with Crippen LogP contribution in [0.4, 0.5) is 0 Å². The number of carbonyl (C=O) groups excluding carboxylic acids is 1. The van der Waals surface area contributed by atoms with Gasteiger partial charge >= 0.3 is 0 Å². The molecular formula is C11H19ClN4O. The van der Waals surface area contributed by atoms with Crippen molar-refractivity contribution in [2.75, 3.05) is 0 Å². The van der Waals surface area contributed by atoms with E-state index in [1.807, 2.05) is 20.8 Å². The van der Waals surface area contributed by atoms with Gasteiger partial charge in [-0.1, -0.05) is 6.92 Å². The number of rotatable bonds is 4. The minimum Gasteiger partial charge on any atom is -0.350 e. The van der Waals surface area contributed by atoms with E-state index in [0.29, 0.717) is 12.4 Å². The number of halogens is 1. The lowest BCUT2D eigenvalue weighted by Crippen LogP contribution is -2.38. The second-order valence-electron chi connectivity index (χ2n) is 3.96. The number of nitrogens with one attached hydrogen (secondary N) is 1. The summed E-state index contributed by atoms with van der Waals surface area (Å²) in [6.07, 6.45) is 1.68. The maximum atomic E-state index is 11.6. The maximum Gasteiger partial charge on any atom is 0.224 e. The molecule has 0 radical (unpaired) electrons. The number of carbonyl (C=O) groups is 1. The molecule has 1 rings (SSSR count). The van der Waals surface area contributed by atoms with E-state index in [9.17, 15) is 4.79 Å². The Bertz CT molecular complexity index is 370. The van der Waals surface area contributed by atoms with Gasteiger partial charge in [-0.05, 0) is 19.9 Å². The van der Waals surface area contributed by atoms with Crippen molar-refractivity contribution in [3.05, 3.63) is 23.8 Å². The molecule has 1 aromatic heterocycles. The zero-order valence-corrected chi connectivity index (χ0v) is 11.1. The Kier molecular flexibility index (Phi) is 6.68. The third-order valence-electron chi connectivity index (χ3n) is 2.48. The Labute approximate surface area is 108 Å². The normalized spacial score (nSPS) is 13.4. The predicted molar refractivity (Wildman–Crippen MR) is 68.7 cm³/mol. The average Bonchev–Trinajstić information content (AvgIpc) is 2.24. The summed E-state index contributed by atoms with van der Waals surface area (Å²) in [5, 5.41) is 2.80. The van der Waals surface area contributed by atoms with Crippen LogP contribution in [0.5, 0.6) is 0 Å². The van der Waals surface area contributed by atoms with Gasteiger partial charge in [0, 0.05) is 18.2 Å². The summed E-state index contributed by atoms with van der Waals surface area (Å²) in [6, 6.07) is 1.64. The van der Waals surface area contributed by atoms with Gasteiger partial charge < -0.3 is 11.1 Å². The van der Waals surface area contributed by atoms with E-state index >= 15 is 0 Å². The quantitative estimate of drug-likeness (QED) is 0.837. The molecular weight excluding hydrogens is 240 g/mol. The first-order valence-electron chi connectivity index (χ1n) is 5.32. The second kappa shape index (κ2) is 7.19. The standard InChI is InChI=1S/C11H18N4O.ClH/c1-7(8(2)12)11(16)14-6-10-4-5-13-9(3)15-10;/h4-5,7-8H,6,12H2,1-3H3,(H,14,16);1H. The predicted octanol–water partition coefficient (Wildman–Crippen LogP) is 0.806. The molecule has 1 aromatic rings. The number of amides is 1. The Morgan fingerprint density at radius 3 is 2.71 bits per heavy atom. The van der Waals surface area contributed by atoms with Crippen LogP contribution in [0, 0.1) is 12.8 Å². The topological polar surface area (TPSA) is 80.9 Å². The van der Waals surface area contributed by atoms with Crippen LogP contribution in [0.3, 0.4) is 0 Å². The van der Waals surface area contributed by atoms with Crippen molar-refractivity contribution >= 4 is 18.3 Å². The zero-order valence-electron chi connectivity index (χ0n) is 10.3. The van der Waals surface area contributed by atoms with Crippen molar-refractivity contribution < 1.29 is 4.79 Å². The molecule has 0 aliphatic rings. The lowest BCUT2D eigenvalue weighted by atomic mass is 10.0. The Morgan fingerprint density at radius 2 is 2.18 bits per heavy atom. The van der Waals surface area contributed by atoms with Crippen LogP contribution in [0.25, 0.3) is 0 Å². The van der Waals surface area contributed by atoms with E-state index in [4.69, 9.17) is 5.73 Å². The third kappa shape index (κ3) is 5.10. The summed E-state index contributed by atoms with van der Waals surface area (Å²) in [6.45, 7) is 5.86. The highest BCUT2D eigenvalue weighted by atomic mass is 35.5.